The van der Waals surface area contributed by atoms with Gasteiger partial charge in [-0.1, -0.05) is 223 Å². The molecule has 2 aliphatic heterocycles. The highest BCUT2D eigenvalue weighted by molar-refractivity contribution is 7.00. The van der Waals surface area contributed by atoms with Gasteiger partial charge in [0.2, 0.25) is 0 Å². The Morgan fingerprint density at radius 2 is 0.807 bits per heavy atom. The lowest BCUT2D eigenvalue weighted by atomic mass is 9.33. The number of hydrogen-bond donors (Lipinski definition) is 0. The summed E-state index contributed by atoms with van der Waals surface area (Å²) in [6.07, 6.45) is 0. The van der Waals surface area contributed by atoms with E-state index in [1.54, 1.807) is 0 Å². The van der Waals surface area contributed by atoms with Gasteiger partial charge in [-0.15, -0.1) is 0 Å². The molecule has 10 aromatic carbocycles. The van der Waals surface area contributed by atoms with Crippen molar-refractivity contribution in [2.24, 2.45) is 0 Å². The molecule has 4 heterocycles. The maximum atomic E-state index is 11.5. The SMILES string of the molecule is CC(C)(C)c1cc(N2c3ccccc3B3c4ccccc4N(c4cc(C(C)(C)C)cc(C(C)(C)C)c4)c4cc(-c5ccc6c(c5)c5ccccc5n6-c5cccc(-c6nc(-c7ccccc7)cc(-c7ccccc7)n6)c5C#N)cc2c43)cc(C(C)(C)C)c1. The molecule has 0 bridgehead atoms. The van der Waals surface area contributed by atoms with Crippen LogP contribution in [-0.4, -0.2) is 21.2 Å². The number of anilines is 6. The monoisotopic (exact) mass is 1140 g/mol. The van der Waals surface area contributed by atoms with E-state index in [4.69, 9.17) is 9.97 Å². The number of nitriles is 1. The van der Waals surface area contributed by atoms with E-state index in [-0.39, 0.29) is 28.4 Å². The van der Waals surface area contributed by atoms with Crippen molar-refractivity contribution in [1.82, 2.24) is 14.5 Å². The fourth-order valence-electron chi connectivity index (χ4n) is 13.4. The third-order valence-electron chi connectivity index (χ3n) is 18.2. The number of aromatic nitrogens is 3. The van der Waals surface area contributed by atoms with Gasteiger partial charge in [-0.05, 0) is 156 Å². The zero-order valence-corrected chi connectivity index (χ0v) is 52.6. The molecule has 0 unspecified atom stereocenters. The third-order valence-corrected chi connectivity index (χ3v) is 18.2. The highest BCUT2D eigenvalue weighted by Crippen LogP contribution is 2.49. The molecule has 430 valence electrons. The Morgan fingerprint density at radius 3 is 1.30 bits per heavy atom. The van der Waals surface area contributed by atoms with Crippen molar-refractivity contribution in [3.8, 4) is 56.8 Å². The number of fused-ring (bicyclic) bond motifs is 7. The van der Waals surface area contributed by atoms with E-state index in [1.165, 1.54) is 50.0 Å². The summed E-state index contributed by atoms with van der Waals surface area (Å²) in [6.45, 7) is 28.0. The van der Waals surface area contributed by atoms with E-state index in [0.29, 0.717) is 17.0 Å². The van der Waals surface area contributed by atoms with Gasteiger partial charge in [0.05, 0.1) is 33.7 Å². The Hall–Kier alpha value is -9.77. The van der Waals surface area contributed by atoms with Crippen LogP contribution in [0.3, 0.4) is 0 Å². The predicted molar refractivity (Wildman–Crippen MR) is 372 cm³/mol. The second-order valence-corrected chi connectivity index (χ2v) is 28.3. The van der Waals surface area contributed by atoms with Crippen LogP contribution in [0.4, 0.5) is 34.1 Å². The van der Waals surface area contributed by atoms with E-state index in [9.17, 15) is 5.26 Å². The van der Waals surface area contributed by atoms with Crippen LogP contribution in [0.25, 0.3) is 72.5 Å². The molecular formula is C81H73BN6. The minimum Gasteiger partial charge on any atom is -0.311 e. The fourth-order valence-corrected chi connectivity index (χ4v) is 13.4. The van der Waals surface area contributed by atoms with Gasteiger partial charge in [-0.25, -0.2) is 9.97 Å². The smallest absolute Gasteiger partial charge is 0.252 e. The van der Waals surface area contributed by atoms with Crippen molar-refractivity contribution >= 4 is 79.0 Å². The van der Waals surface area contributed by atoms with Crippen molar-refractivity contribution in [3.63, 3.8) is 0 Å². The van der Waals surface area contributed by atoms with Crippen molar-refractivity contribution in [1.29, 1.82) is 5.26 Å². The molecule has 2 aliphatic rings. The number of nitrogens with zero attached hydrogens (tertiary/aromatic N) is 6. The molecule has 6 nitrogen and oxygen atoms in total. The van der Waals surface area contributed by atoms with Gasteiger partial charge >= 0.3 is 0 Å². The summed E-state index contributed by atoms with van der Waals surface area (Å²) in [5.74, 6) is 0.494. The highest BCUT2D eigenvalue weighted by Gasteiger charge is 2.44. The molecule has 12 aromatic rings. The first-order valence-corrected chi connectivity index (χ1v) is 31.0. The number of benzene rings is 10. The Bertz CT molecular complexity index is 4540. The van der Waals surface area contributed by atoms with Crippen molar-refractivity contribution in [3.05, 3.63) is 252 Å². The van der Waals surface area contributed by atoms with Crippen LogP contribution in [0.15, 0.2) is 224 Å². The Kier molecular flexibility index (Phi) is 13.2. The Morgan fingerprint density at radius 1 is 0.364 bits per heavy atom. The fraction of sp³-hybridized carbons (Fsp3) is 0.198. The number of rotatable bonds is 7. The summed E-state index contributed by atoms with van der Waals surface area (Å²) in [5.41, 5.74) is 25.3. The van der Waals surface area contributed by atoms with Crippen LogP contribution in [0.2, 0.25) is 0 Å². The maximum absolute atomic E-state index is 11.5. The predicted octanol–water partition coefficient (Wildman–Crippen LogP) is 19.4. The highest BCUT2D eigenvalue weighted by atomic mass is 15.2. The topological polar surface area (TPSA) is 61.0 Å². The molecule has 2 aromatic heterocycles. The van der Waals surface area contributed by atoms with E-state index in [0.717, 1.165) is 83.9 Å². The van der Waals surface area contributed by atoms with Gasteiger partial charge in [-0.2, -0.15) is 5.26 Å². The zero-order chi connectivity index (χ0) is 61.2. The second kappa shape index (κ2) is 20.7. The first-order valence-electron chi connectivity index (χ1n) is 31.0. The molecule has 14 rings (SSSR count). The minimum atomic E-state index is -0.106. The normalized spacial score (nSPS) is 13.1. The average molecular weight is 1140 g/mol. The van der Waals surface area contributed by atoms with Crippen LogP contribution >= 0.6 is 0 Å². The van der Waals surface area contributed by atoms with E-state index in [2.05, 4.69) is 273 Å². The van der Waals surface area contributed by atoms with E-state index >= 15 is 0 Å². The maximum Gasteiger partial charge on any atom is 0.252 e. The number of hydrogen-bond acceptors (Lipinski definition) is 5. The molecule has 0 aliphatic carbocycles. The van der Waals surface area contributed by atoms with Crippen LogP contribution in [0.5, 0.6) is 0 Å². The van der Waals surface area contributed by atoms with Crippen molar-refractivity contribution < 1.29 is 0 Å². The molecular weight excluding hydrogens is 1070 g/mol. The molecule has 88 heavy (non-hydrogen) atoms. The zero-order valence-electron chi connectivity index (χ0n) is 52.6. The molecule has 0 amide bonds. The lowest BCUT2D eigenvalue weighted by Gasteiger charge is -2.45. The van der Waals surface area contributed by atoms with Gasteiger partial charge in [-0.3, -0.25) is 0 Å². The average Bonchev–Trinajstić information content (AvgIpc) is 0.802. The first-order chi connectivity index (χ1) is 42.1. The van der Waals surface area contributed by atoms with Crippen LogP contribution in [-0.2, 0) is 21.7 Å². The summed E-state index contributed by atoms with van der Waals surface area (Å²) < 4.78 is 2.26. The molecule has 0 N–H and O–H groups in total. The molecule has 0 saturated carbocycles. The molecule has 0 fully saturated rings. The second-order valence-electron chi connectivity index (χ2n) is 28.3. The van der Waals surface area contributed by atoms with Crippen LogP contribution in [0, 0.1) is 11.3 Å². The van der Waals surface area contributed by atoms with Crippen LogP contribution < -0.4 is 26.2 Å². The quantitative estimate of drug-likeness (QED) is 0.149. The lowest BCUT2D eigenvalue weighted by Crippen LogP contribution is -2.61. The minimum absolute atomic E-state index is 0.0404. The summed E-state index contributed by atoms with van der Waals surface area (Å²) in [4.78, 5) is 15.6. The van der Waals surface area contributed by atoms with Crippen molar-refractivity contribution in [2.45, 2.75) is 105 Å². The Labute approximate surface area is 519 Å². The van der Waals surface area contributed by atoms with Gasteiger partial charge in [0.15, 0.2) is 5.82 Å². The molecule has 0 radical (unpaired) electrons. The molecule has 7 heteroatoms. The summed E-state index contributed by atoms with van der Waals surface area (Å²) in [7, 11) is 0. The van der Waals surface area contributed by atoms with Crippen molar-refractivity contribution in [2.75, 3.05) is 9.80 Å². The van der Waals surface area contributed by atoms with Gasteiger partial charge in [0.1, 0.15) is 6.07 Å². The number of para-hydroxylation sites is 3. The summed E-state index contributed by atoms with van der Waals surface area (Å²) in [6, 6.07) is 84.6. The van der Waals surface area contributed by atoms with Gasteiger partial charge in [0.25, 0.3) is 6.71 Å². The lowest BCUT2D eigenvalue weighted by molar-refractivity contribution is 0.568. The standard InChI is InChI=1S/C81H73BN6/c1-78(2,3)55-43-56(79(4,5)6)46-59(45-55)86-72-35-23-20-32-65(72)82-66-33-21-24-36-73(66)87(60-47-57(80(7,8)9)44-58(48-60)81(10,11)12)75-42-54(41-74(86)76(75)82)53-38-39-71-63(40-53)61-30-19-22-34-69(61)88(71)70-37-25-31-62(64(70)50-83)77-84-67(51-26-15-13-16-27-51)49-68(85-77)52-28-17-14-18-29-52/h13-49H,1-12H3. The summed E-state index contributed by atoms with van der Waals surface area (Å²) >= 11 is 0. The molecule has 0 saturated heterocycles. The van der Waals surface area contributed by atoms with E-state index in [1.807, 2.05) is 54.6 Å². The largest absolute Gasteiger partial charge is 0.311 e. The molecule has 0 spiro atoms. The first kappa shape index (κ1) is 56.1. The Balaban J connectivity index is 1.03. The van der Waals surface area contributed by atoms with Gasteiger partial charge < -0.3 is 14.4 Å². The van der Waals surface area contributed by atoms with Gasteiger partial charge in [0, 0.05) is 61.6 Å². The summed E-state index contributed by atoms with van der Waals surface area (Å²) in [5, 5.41) is 13.6. The van der Waals surface area contributed by atoms with E-state index < -0.39 is 0 Å². The van der Waals surface area contributed by atoms with Crippen LogP contribution in [0.1, 0.15) is 111 Å². The molecule has 0 atom stereocenters. The third kappa shape index (κ3) is 9.58.